The number of hydrogen-bond donors (Lipinski definition) is 2. The smallest absolute Gasteiger partial charge is 0.0509 e. The first kappa shape index (κ1) is 12.6. The lowest BCUT2D eigenvalue weighted by molar-refractivity contribution is 0.190. The standard InChI is InChI=1S/2C4H10O/c2*1-3-4(2)5/h2*4-5H,3H2,1-2H3/t2*4-/m10/s1. The van der Waals surface area contributed by atoms with Crippen LogP contribution in [0.1, 0.15) is 40.5 Å². The van der Waals surface area contributed by atoms with Crippen LogP contribution in [0.3, 0.4) is 0 Å². The SMILES string of the molecule is CC[C@@H](C)O.CC[C@H](C)O. The van der Waals surface area contributed by atoms with Gasteiger partial charge in [-0.15, -0.1) is 0 Å². The van der Waals surface area contributed by atoms with Crippen molar-refractivity contribution in [1.29, 1.82) is 0 Å². The normalized spacial score (nSPS) is 15.0. The zero-order chi connectivity index (χ0) is 8.57. The van der Waals surface area contributed by atoms with Crippen molar-refractivity contribution in [3.05, 3.63) is 0 Å². The first-order chi connectivity index (χ1) is 4.54. The van der Waals surface area contributed by atoms with E-state index in [1.165, 1.54) is 0 Å². The van der Waals surface area contributed by atoms with Crippen LogP contribution >= 0.6 is 0 Å². The summed E-state index contributed by atoms with van der Waals surface area (Å²) < 4.78 is 0. The summed E-state index contributed by atoms with van der Waals surface area (Å²) in [5.41, 5.74) is 0. The van der Waals surface area contributed by atoms with Gasteiger partial charge in [0.05, 0.1) is 12.2 Å². The molecule has 2 atom stereocenters. The lowest BCUT2D eigenvalue weighted by atomic mass is 10.3. The highest BCUT2D eigenvalue weighted by molar-refractivity contribution is 4.34. The monoisotopic (exact) mass is 148 g/mol. The Morgan fingerprint density at radius 2 is 1.00 bits per heavy atom. The van der Waals surface area contributed by atoms with Gasteiger partial charge in [0.15, 0.2) is 0 Å². The second-order valence-electron chi connectivity index (χ2n) is 2.51. The van der Waals surface area contributed by atoms with Gasteiger partial charge < -0.3 is 10.2 Å². The largest absolute Gasteiger partial charge is 0.393 e. The third kappa shape index (κ3) is 24.7. The van der Waals surface area contributed by atoms with Crippen LogP contribution in [0.2, 0.25) is 0 Å². The quantitative estimate of drug-likeness (QED) is 0.624. The van der Waals surface area contributed by atoms with Crippen LogP contribution in [0, 0.1) is 0 Å². The van der Waals surface area contributed by atoms with Gasteiger partial charge in [0.1, 0.15) is 0 Å². The van der Waals surface area contributed by atoms with Crippen molar-refractivity contribution < 1.29 is 10.2 Å². The molecule has 0 amide bonds. The van der Waals surface area contributed by atoms with E-state index in [1.54, 1.807) is 13.8 Å². The molecular weight excluding hydrogens is 128 g/mol. The van der Waals surface area contributed by atoms with Crippen molar-refractivity contribution in [2.24, 2.45) is 0 Å². The Kier molecular flexibility index (Phi) is 11.2. The zero-order valence-electron chi connectivity index (χ0n) is 7.46. The Bertz CT molecular complexity index is 43.2. The van der Waals surface area contributed by atoms with E-state index in [2.05, 4.69) is 0 Å². The molecule has 2 N–H and O–H groups in total. The fraction of sp³-hybridized carbons (Fsp3) is 1.00. The molecule has 0 heterocycles. The summed E-state index contributed by atoms with van der Waals surface area (Å²) in [5.74, 6) is 0. The van der Waals surface area contributed by atoms with Gasteiger partial charge in [0.25, 0.3) is 0 Å². The molecule has 0 radical (unpaired) electrons. The van der Waals surface area contributed by atoms with Crippen LogP contribution in [0.25, 0.3) is 0 Å². The van der Waals surface area contributed by atoms with Crippen LogP contribution in [0.5, 0.6) is 0 Å². The Morgan fingerprint density at radius 1 is 0.900 bits per heavy atom. The molecule has 10 heavy (non-hydrogen) atoms. The summed E-state index contributed by atoms with van der Waals surface area (Å²) in [4.78, 5) is 0. The van der Waals surface area contributed by atoms with Crippen LogP contribution in [-0.2, 0) is 0 Å². The molecule has 0 aliphatic rings. The maximum Gasteiger partial charge on any atom is 0.0509 e. The topological polar surface area (TPSA) is 40.5 Å². The molecule has 0 spiro atoms. The summed E-state index contributed by atoms with van der Waals surface area (Å²) in [7, 11) is 0. The maximum absolute atomic E-state index is 8.36. The average Bonchev–Trinajstić information content (AvgIpc) is 1.89. The van der Waals surface area contributed by atoms with Crippen LogP contribution in [0.15, 0.2) is 0 Å². The number of aliphatic hydroxyl groups is 2. The predicted octanol–water partition coefficient (Wildman–Crippen LogP) is 1.55. The molecule has 0 unspecified atom stereocenters. The molecule has 0 aliphatic carbocycles. The Morgan fingerprint density at radius 3 is 1.00 bits per heavy atom. The second kappa shape index (κ2) is 8.92. The first-order valence-electron chi connectivity index (χ1n) is 3.90. The van der Waals surface area contributed by atoms with E-state index in [-0.39, 0.29) is 12.2 Å². The van der Waals surface area contributed by atoms with E-state index < -0.39 is 0 Å². The molecule has 0 fully saturated rings. The minimum atomic E-state index is -0.116. The molecule has 64 valence electrons. The Balaban J connectivity index is 0. The molecule has 0 aromatic carbocycles. The van der Waals surface area contributed by atoms with Gasteiger partial charge in [0.2, 0.25) is 0 Å². The number of aliphatic hydroxyl groups excluding tert-OH is 2. The minimum Gasteiger partial charge on any atom is -0.393 e. The average molecular weight is 148 g/mol. The van der Waals surface area contributed by atoms with E-state index in [0.29, 0.717) is 0 Å². The fourth-order valence-electron chi connectivity index (χ4n) is 0. The maximum atomic E-state index is 8.36. The Hall–Kier alpha value is -0.0800. The van der Waals surface area contributed by atoms with Crippen molar-refractivity contribution in [2.45, 2.75) is 52.7 Å². The van der Waals surface area contributed by atoms with Crippen molar-refractivity contribution in [3.8, 4) is 0 Å². The highest BCUT2D eigenvalue weighted by Gasteiger charge is 1.82. The highest BCUT2D eigenvalue weighted by Crippen LogP contribution is 1.82. The van der Waals surface area contributed by atoms with Crippen molar-refractivity contribution in [1.82, 2.24) is 0 Å². The van der Waals surface area contributed by atoms with Crippen molar-refractivity contribution in [2.75, 3.05) is 0 Å². The van der Waals surface area contributed by atoms with Gasteiger partial charge in [-0.25, -0.2) is 0 Å². The third-order valence-corrected chi connectivity index (χ3v) is 1.18. The van der Waals surface area contributed by atoms with E-state index in [1.807, 2.05) is 13.8 Å². The summed E-state index contributed by atoms with van der Waals surface area (Å²) in [5, 5.41) is 16.7. The summed E-state index contributed by atoms with van der Waals surface area (Å²) in [6.45, 7) is 7.45. The highest BCUT2D eigenvalue weighted by atomic mass is 16.3. The van der Waals surface area contributed by atoms with Crippen molar-refractivity contribution in [3.63, 3.8) is 0 Å². The van der Waals surface area contributed by atoms with Gasteiger partial charge in [-0.3, -0.25) is 0 Å². The predicted molar refractivity (Wildman–Crippen MR) is 43.9 cm³/mol. The molecule has 0 bridgehead atoms. The molecule has 2 nitrogen and oxygen atoms in total. The molecular formula is C8H20O2. The Labute approximate surface area is 63.9 Å². The van der Waals surface area contributed by atoms with Gasteiger partial charge in [-0.2, -0.15) is 0 Å². The van der Waals surface area contributed by atoms with Crippen LogP contribution < -0.4 is 0 Å². The van der Waals surface area contributed by atoms with Gasteiger partial charge in [-0.1, -0.05) is 13.8 Å². The third-order valence-electron chi connectivity index (χ3n) is 1.18. The second-order valence-corrected chi connectivity index (χ2v) is 2.51. The molecule has 0 saturated carbocycles. The first-order valence-corrected chi connectivity index (χ1v) is 3.90. The van der Waals surface area contributed by atoms with Crippen LogP contribution in [-0.4, -0.2) is 22.4 Å². The van der Waals surface area contributed by atoms with Crippen molar-refractivity contribution >= 4 is 0 Å². The molecule has 0 aromatic rings. The van der Waals surface area contributed by atoms with E-state index in [9.17, 15) is 0 Å². The van der Waals surface area contributed by atoms with Gasteiger partial charge in [0, 0.05) is 0 Å². The van der Waals surface area contributed by atoms with E-state index >= 15 is 0 Å². The zero-order valence-corrected chi connectivity index (χ0v) is 7.46. The number of hydrogen-bond acceptors (Lipinski definition) is 2. The summed E-state index contributed by atoms with van der Waals surface area (Å²) in [6.07, 6.45) is 1.49. The summed E-state index contributed by atoms with van der Waals surface area (Å²) >= 11 is 0. The summed E-state index contributed by atoms with van der Waals surface area (Å²) in [6, 6.07) is 0. The van der Waals surface area contributed by atoms with Gasteiger partial charge in [-0.05, 0) is 26.7 Å². The number of rotatable bonds is 2. The van der Waals surface area contributed by atoms with E-state index in [0.717, 1.165) is 12.8 Å². The lowest BCUT2D eigenvalue weighted by Gasteiger charge is -1.90. The molecule has 2 heteroatoms. The molecule has 0 saturated heterocycles. The molecule has 0 aliphatic heterocycles. The lowest BCUT2D eigenvalue weighted by Crippen LogP contribution is -1.93. The van der Waals surface area contributed by atoms with Gasteiger partial charge >= 0.3 is 0 Å². The fourth-order valence-corrected chi connectivity index (χ4v) is 0. The minimum absolute atomic E-state index is 0.116. The van der Waals surface area contributed by atoms with Crippen LogP contribution in [0.4, 0.5) is 0 Å². The molecule has 0 aromatic heterocycles. The van der Waals surface area contributed by atoms with E-state index in [4.69, 9.17) is 10.2 Å². The molecule has 0 rings (SSSR count).